The second-order valence-corrected chi connectivity index (χ2v) is 4.22. The fourth-order valence-corrected chi connectivity index (χ4v) is 1.91. The fourth-order valence-electron chi connectivity index (χ4n) is 1.91. The molecule has 1 aliphatic rings. The number of carbonyl (C=O) groups is 2. The van der Waals surface area contributed by atoms with Gasteiger partial charge in [0.05, 0.1) is 0 Å². The molecule has 2 unspecified atom stereocenters. The van der Waals surface area contributed by atoms with Crippen LogP contribution in [0.2, 0.25) is 0 Å². The molecule has 1 aliphatic heterocycles. The lowest BCUT2D eigenvalue weighted by molar-refractivity contribution is -0.154. The van der Waals surface area contributed by atoms with E-state index in [0.29, 0.717) is 13.0 Å². The van der Waals surface area contributed by atoms with Crippen LogP contribution in [0.1, 0.15) is 40.0 Å². The minimum absolute atomic E-state index is 0.0135. The minimum atomic E-state index is 0.0135. The molecule has 2 amide bonds. The van der Waals surface area contributed by atoms with Gasteiger partial charge in [-0.25, -0.2) is 0 Å². The van der Waals surface area contributed by atoms with Crippen LogP contribution in [0.15, 0.2) is 0 Å². The predicted molar refractivity (Wildman–Crippen MR) is 54.6 cm³/mol. The molecule has 0 aromatic rings. The predicted octanol–water partition coefficient (Wildman–Crippen LogP) is 1.82. The van der Waals surface area contributed by atoms with Gasteiger partial charge in [-0.3, -0.25) is 14.5 Å². The van der Waals surface area contributed by atoms with Crippen molar-refractivity contribution in [3.8, 4) is 0 Å². The van der Waals surface area contributed by atoms with Crippen molar-refractivity contribution in [3.05, 3.63) is 0 Å². The van der Waals surface area contributed by atoms with Crippen LogP contribution in [0.3, 0.4) is 0 Å². The van der Waals surface area contributed by atoms with Gasteiger partial charge in [-0.05, 0) is 12.8 Å². The Bertz CT molecular complexity index is 217. The molecule has 14 heavy (non-hydrogen) atoms. The van der Waals surface area contributed by atoms with Crippen molar-refractivity contribution in [2.45, 2.75) is 40.0 Å². The summed E-state index contributed by atoms with van der Waals surface area (Å²) < 4.78 is 0. The number of piperidine rings is 1. The van der Waals surface area contributed by atoms with E-state index < -0.39 is 0 Å². The Morgan fingerprint density at radius 1 is 1.21 bits per heavy atom. The minimum Gasteiger partial charge on any atom is -0.282 e. The molecule has 1 fully saturated rings. The molecule has 0 saturated carbocycles. The molecule has 0 bridgehead atoms. The molecule has 0 aromatic carbocycles. The molecule has 0 spiro atoms. The van der Waals surface area contributed by atoms with Crippen molar-refractivity contribution in [2.75, 3.05) is 6.54 Å². The molecule has 0 N–H and O–H groups in total. The van der Waals surface area contributed by atoms with Crippen LogP contribution >= 0.6 is 0 Å². The van der Waals surface area contributed by atoms with Gasteiger partial charge in [0.25, 0.3) is 0 Å². The van der Waals surface area contributed by atoms with E-state index in [2.05, 4.69) is 6.92 Å². The SMILES string of the molecule is CCCCN1C(=O)C(C)CC(C)C1=O. The fraction of sp³-hybridized carbons (Fsp3) is 0.818. The highest BCUT2D eigenvalue weighted by Crippen LogP contribution is 2.23. The van der Waals surface area contributed by atoms with Gasteiger partial charge in [-0.15, -0.1) is 0 Å². The summed E-state index contributed by atoms with van der Waals surface area (Å²) in [6, 6.07) is 0. The lowest BCUT2D eigenvalue weighted by Gasteiger charge is -2.32. The highest BCUT2D eigenvalue weighted by atomic mass is 16.2. The van der Waals surface area contributed by atoms with Gasteiger partial charge in [-0.1, -0.05) is 27.2 Å². The highest BCUT2D eigenvalue weighted by Gasteiger charge is 2.35. The number of hydrogen-bond donors (Lipinski definition) is 0. The second-order valence-electron chi connectivity index (χ2n) is 4.22. The van der Waals surface area contributed by atoms with Crippen molar-refractivity contribution < 1.29 is 9.59 Å². The van der Waals surface area contributed by atoms with Crippen LogP contribution < -0.4 is 0 Å². The Morgan fingerprint density at radius 2 is 1.71 bits per heavy atom. The van der Waals surface area contributed by atoms with Gasteiger partial charge in [-0.2, -0.15) is 0 Å². The number of rotatable bonds is 3. The zero-order chi connectivity index (χ0) is 10.7. The molecule has 80 valence electrons. The number of imide groups is 1. The van der Waals surface area contributed by atoms with Gasteiger partial charge in [0.1, 0.15) is 0 Å². The summed E-state index contributed by atoms with van der Waals surface area (Å²) in [6.45, 7) is 6.48. The van der Waals surface area contributed by atoms with Crippen LogP contribution in [0.4, 0.5) is 0 Å². The standard InChI is InChI=1S/C11H19NO2/c1-4-5-6-12-10(13)8(2)7-9(3)11(12)14/h8-9H,4-7H2,1-3H3. The van der Waals surface area contributed by atoms with Crippen molar-refractivity contribution in [3.63, 3.8) is 0 Å². The molecule has 1 rings (SSSR count). The van der Waals surface area contributed by atoms with E-state index >= 15 is 0 Å². The van der Waals surface area contributed by atoms with E-state index in [1.54, 1.807) is 0 Å². The average molecular weight is 197 g/mol. The largest absolute Gasteiger partial charge is 0.282 e. The highest BCUT2D eigenvalue weighted by molar-refractivity contribution is 5.99. The van der Waals surface area contributed by atoms with Crippen molar-refractivity contribution >= 4 is 11.8 Å². The molecular weight excluding hydrogens is 178 g/mol. The van der Waals surface area contributed by atoms with Crippen LogP contribution in [0.25, 0.3) is 0 Å². The maximum atomic E-state index is 11.7. The summed E-state index contributed by atoms with van der Waals surface area (Å²) >= 11 is 0. The summed E-state index contributed by atoms with van der Waals surface area (Å²) in [5.41, 5.74) is 0. The zero-order valence-corrected chi connectivity index (χ0v) is 9.25. The van der Waals surface area contributed by atoms with Crippen LogP contribution in [0, 0.1) is 11.8 Å². The lowest BCUT2D eigenvalue weighted by Crippen LogP contribution is -2.48. The van der Waals surface area contributed by atoms with Crippen LogP contribution in [0.5, 0.6) is 0 Å². The smallest absolute Gasteiger partial charge is 0.232 e. The first-order chi connectivity index (χ1) is 6.57. The van der Waals surface area contributed by atoms with E-state index in [9.17, 15) is 9.59 Å². The van der Waals surface area contributed by atoms with Gasteiger partial charge in [0.2, 0.25) is 11.8 Å². The number of unbranched alkanes of at least 4 members (excludes halogenated alkanes) is 1. The number of likely N-dealkylation sites (tertiary alicyclic amines) is 1. The molecule has 1 saturated heterocycles. The van der Waals surface area contributed by atoms with Gasteiger partial charge >= 0.3 is 0 Å². The maximum Gasteiger partial charge on any atom is 0.232 e. The van der Waals surface area contributed by atoms with Crippen molar-refractivity contribution in [1.29, 1.82) is 0 Å². The van der Waals surface area contributed by atoms with Crippen molar-refractivity contribution in [2.24, 2.45) is 11.8 Å². The van der Waals surface area contributed by atoms with E-state index in [4.69, 9.17) is 0 Å². The third-order valence-corrected chi connectivity index (χ3v) is 2.82. The zero-order valence-electron chi connectivity index (χ0n) is 9.25. The Morgan fingerprint density at radius 3 is 2.14 bits per heavy atom. The third kappa shape index (κ3) is 2.14. The summed E-state index contributed by atoms with van der Waals surface area (Å²) in [5, 5.41) is 0. The second kappa shape index (κ2) is 4.58. The normalized spacial score (nSPS) is 28.4. The molecule has 0 radical (unpaired) electrons. The summed E-state index contributed by atoms with van der Waals surface area (Å²) in [6.07, 6.45) is 2.64. The Balaban J connectivity index is 2.67. The first kappa shape index (κ1) is 11.2. The average Bonchev–Trinajstić information content (AvgIpc) is 2.15. The summed E-state index contributed by atoms with van der Waals surface area (Å²) in [4.78, 5) is 24.8. The lowest BCUT2D eigenvalue weighted by atomic mass is 9.90. The topological polar surface area (TPSA) is 37.4 Å². The van der Waals surface area contributed by atoms with Gasteiger partial charge in [0.15, 0.2) is 0 Å². The van der Waals surface area contributed by atoms with E-state index in [1.165, 1.54) is 4.90 Å². The van der Waals surface area contributed by atoms with Crippen LogP contribution in [-0.4, -0.2) is 23.3 Å². The van der Waals surface area contributed by atoms with E-state index in [-0.39, 0.29) is 23.7 Å². The number of hydrogen-bond acceptors (Lipinski definition) is 2. The van der Waals surface area contributed by atoms with Gasteiger partial charge < -0.3 is 0 Å². The monoisotopic (exact) mass is 197 g/mol. The van der Waals surface area contributed by atoms with E-state index in [1.807, 2.05) is 13.8 Å². The Kier molecular flexibility index (Phi) is 3.67. The molecule has 1 heterocycles. The maximum absolute atomic E-state index is 11.7. The molecule has 0 aliphatic carbocycles. The molecule has 3 heteroatoms. The number of amides is 2. The quantitative estimate of drug-likeness (QED) is 0.647. The van der Waals surface area contributed by atoms with Crippen molar-refractivity contribution in [1.82, 2.24) is 4.90 Å². The summed E-state index contributed by atoms with van der Waals surface area (Å²) in [7, 11) is 0. The Labute approximate surface area is 85.5 Å². The third-order valence-electron chi connectivity index (χ3n) is 2.82. The molecule has 3 nitrogen and oxygen atoms in total. The first-order valence-corrected chi connectivity index (χ1v) is 5.43. The summed E-state index contributed by atoms with van der Waals surface area (Å²) in [5.74, 6) is 0.0576. The van der Waals surface area contributed by atoms with Crippen LogP contribution in [-0.2, 0) is 9.59 Å². The molecule has 2 atom stereocenters. The number of carbonyl (C=O) groups excluding carboxylic acids is 2. The van der Waals surface area contributed by atoms with E-state index in [0.717, 1.165) is 12.8 Å². The first-order valence-electron chi connectivity index (χ1n) is 5.43. The molecule has 0 aromatic heterocycles. The molecular formula is C11H19NO2. The number of nitrogens with zero attached hydrogens (tertiary/aromatic N) is 1. The van der Waals surface area contributed by atoms with Gasteiger partial charge in [0, 0.05) is 18.4 Å². The Hall–Kier alpha value is -0.860.